The molecule has 4 nitrogen and oxygen atoms in total. The lowest BCUT2D eigenvalue weighted by Crippen LogP contribution is -2.37. The quantitative estimate of drug-likeness (QED) is 0.310. The van der Waals surface area contributed by atoms with Crippen LogP contribution in [0.15, 0.2) is 84.9 Å². The van der Waals surface area contributed by atoms with Crippen LogP contribution in [0.4, 0.5) is 0 Å². The molecule has 2 N–H and O–H groups in total. The Hall–Kier alpha value is -3.34. The van der Waals surface area contributed by atoms with Crippen LogP contribution in [-0.2, 0) is 0 Å². The number of ether oxygens (including phenoxy) is 1. The standard InChI is InChI=1S/C30H29NO3.ClH/c1-19-16-22(14-15-24(19)30(32)33)28-17-23(34-29-13-6-5-11-27(28)29)18-31-20(2)25-12-7-9-21-8-3-4-10-26(21)25;/h3-16,20,23,28,31H,17-18H2,1-2H3,(H,32,33);1H/t20-,23-,28+;/m1./s1. The molecule has 0 spiro atoms. The molecular formula is C30H30ClNO3. The molecule has 4 aromatic carbocycles. The lowest BCUT2D eigenvalue weighted by molar-refractivity contribution is 0.0696. The van der Waals surface area contributed by atoms with Gasteiger partial charge in [-0.3, -0.25) is 0 Å². The minimum atomic E-state index is -0.888. The molecule has 4 aromatic rings. The van der Waals surface area contributed by atoms with Crippen LogP contribution in [0.5, 0.6) is 5.75 Å². The van der Waals surface area contributed by atoms with Gasteiger partial charge in [-0.15, -0.1) is 12.4 Å². The summed E-state index contributed by atoms with van der Waals surface area (Å²) in [6, 6.07) is 29.0. The van der Waals surface area contributed by atoms with Crippen LogP contribution in [0.25, 0.3) is 10.8 Å². The third-order valence-electron chi connectivity index (χ3n) is 6.91. The summed E-state index contributed by atoms with van der Waals surface area (Å²) in [5.41, 5.74) is 4.71. The van der Waals surface area contributed by atoms with Crippen LogP contribution in [0.3, 0.4) is 0 Å². The third-order valence-corrected chi connectivity index (χ3v) is 6.91. The summed E-state index contributed by atoms with van der Waals surface area (Å²) in [5.74, 6) is 0.176. The van der Waals surface area contributed by atoms with Gasteiger partial charge in [0, 0.05) is 24.1 Å². The Morgan fingerprint density at radius 2 is 1.77 bits per heavy atom. The minimum absolute atomic E-state index is 0. The highest BCUT2D eigenvalue weighted by Crippen LogP contribution is 2.40. The van der Waals surface area contributed by atoms with Crippen LogP contribution in [-0.4, -0.2) is 23.7 Å². The van der Waals surface area contributed by atoms with E-state index >= 15 is 0 Å². The Balaban J connectivity index is 0.00000289. The smallest absolute Gasteiger partial charge is 0.335 e. The van der Waals surface area contributed by atoms with Gasteiger partial charge >= 0.3 is 5.97 Å². The largest absolute Gasteiger partial charge is 0.489 e. The topological polar surface area (TPSA) is 58.6 Å². The van der Waals surface area contributed by atoms with E-state index in [1.807, 2.05) is 37.3 Å². The molecule has 3 atom stereocenters. The third kappa shape index (κ3) is 5.04. The molecule has 1 heterocycles. The van der Waals surface area contributed by atoms with Crippen molar-refractivity contribution in [3.05, 3.63) is 113 Å². The van der Waals surface area contributed by atoms with Crippen LogP contribution < -0.4 is 10.1 Å². The molecule has 1 aliphatic heterocycles. The Morgan fingerprint density at radius 3 is 2.57 bits per heavy atom. The molecule has 5 rings (SSSR count). The second-order valence-electron chi connectivity index (χ2n) is 9.14. The number of hydrogen-bond acceptors (Lipinski definition) is 3. The number of hydrogen-bond donors (Lipinski definition) is 2. The van der Waals surface area contributed by atoms with E-state index in [0.29, 0.717) is 5.56 Å². The minimum Gasteiger partial charge on any atom is -0.489 e. The van der Waals surface area contributed by atoms with E-state index < -0.39 is 5.97 Å². The van der Waals surface area contributed by atoms with Crippen molar-refractivity contribution < 1.29 is 14.6 Å². The summed E-state index contributed by atoms with van der Waals surface area (Å²) in [6.45, 7) is 4.79. The number of nitrogens with one attached hydrogen (secondary N) is 1. The number of carboxylic acid groups (broad SMARTS) is 1. The van der Waals surface area contributed by atoms with E-state index in [0.717, 1.165) is 35.4 Å². The number of para-hydroxylation sites is 1. The summed E-state index contributed by atoms with van der Waals surface area (Å²) in [4.78, 5) is 11.5. The second kappa shape index (κ2) is 10.5. The van der Waals surface area contributed by atoms with Gasteiger partial charge in [0.1, 0.15) is 11.9 Å². The van der Waals surface area contributed by atoms with Crippen molar-refractivity contribution >= 4 is 29.1 Å². The van der Waals surface area contributed by atoms with E-state index in [9.17, 15) is 9.90 Å². The monoisotopic (exact) mass is 487 g/mol. The molecule has 180 valence electrons. The normalized spacial score (nSPS) is 17.7. The fraction of sp³-hybridized carbons (Fsp3) is 0.233. The van der Waals surface area contributed by atoms with Gasteiger partial charge in [-0.2, -0.15) is 0 Å². The predicted octanol–water partition coefficient (Wildman–Crippen LogP) is 6.90. The molecule has 0 saturated carbocycles. The number of aromatic carboxylic acids is 1. The average Bonchev–Trinajstić information content (AvgIpc) is 2.86. The Bertz CT molecular complexity index is 1350. The molecule has 0 aromatic heterocycles. The van der Waals surface area contributed by atoms with Crippen LogP contribution in [0, 0.1) is 6.92 Å². The summed E-state index contributed by atoms with van der Waals surface area (Å²) < 4.78 is 6.39. The van der Waals surface area contributed by atoms with Gasteiger partial charge in [-0.1, -0.05) is 72.8 Å². The molecular weight excluding hydrogens is 458 g/mol. The van der Waals surface area contributed by atoms with Crippen LogP contribution in [0.2, 0.25) is 0 Å². The Labute approximate surface area is 212 Å². The summed E-state index contributed by atoms with van der Waals surface area (Å²) in [5, 5.41) is 15.6. The first-order chi connectivity index (χ1) is 16.5. The number of fused-ring (bicyclic) bond motifs is 2. The average molecular weight is 488 g/mol. The highest BCUT2D eigenvalue weighted by Gasteiger charge is 2.30. The van der Waals surface area contributed by atoms with E-state index in [1.165, 1.54) is 16.3 Å². The second-order valence-corrected chi connectivity index (χ2v) is 9.14. The summed E-state index contributed by atoms with van der Waals surface area (Å²) in [7, 11) is 0. The highest BCUT2D eigenvalue weighted by molar-refractivity contribution is 5.89. The van der Waals surface area contributed by atoms with Crippen molar-refractivity contribution in [2.45, 2.75) is 38.3 Å². The first-order valence-electron chi connectivity index (χ1n) is 11.8. The van der Waals surface area contributed by atoms with E-state index in [-0.39, 0.29) is 30.5 Å². The van der Waals surface area contributed by atoms with Crippen molar-refractivity contribution in [3.8, 4) is 5.75 Å². The van der Waals surface area contributed by atoms with Gasteiger partial charge in [-0.25, -0.2) is 4.79 Å². The number of aryl methyl sites for hydroxylation is 1. The zero-order chi connectivity index (χ0) is 23.7. The molecule has 0 saturated heterocycles. The number of rotatable bonds is 6. The molecule has 0 unspecified atom stereocenters. The lowest BCUT2D eigenvalue weighted by Gasteiger charge is -2.33. The van der Waals surface area contributed by atoms with E-state index in [2.05, 4.69) is 60.8 Å². The van der Waals surface area contributed by atoms with Crippen LogP contribution >= 0.6 is 12.4 Å². The maximum Gasteiger partial charge on any atom is 0.335 e. The molecule has 5 heteroatoms. The van der Waals surface area contributed by atoms with Gasteiger partial charge in [0.2, 0.25) is 0 Å². The van der Waals surface area contributed by atoms with Crippen molar-refractivity contribution in [1.29, 1.82) is 0 Å². The number of halogens is 1. The van der Waals surface area contributed by atoms with Gasteiger partial charge in [-0.05, 0) is 59.9 Å². The molecule has 0 bridgehead atoms. The molecule has 0 radical (unpaired) electrons. The van der Waals surface area contributed by atoms with Gasteiger partial charge in [0.15, 0.2) is 0 Å². The summed E-state index contributed by atoms with van der Waals surface area (Å²) in [6.07, 6.45) is 0.842. The predicted molar refractivity (Wildman–Crippen MR) is 143 cm³/mol. The number of carbonyl (C=O) groups is 1. The molecule has 1 aliphatic rings. The molecule has 0 aliphatic carbocycles. The Kier molecular flexibility index (Phi) is 7.44. The van der Waals surface area contributed by atoms with Crippen molar-refractivity contribution in [1.82, 2.24) is 5.32 Å². The highest BCUT2D eigenvalue weighted by atomic mass is 35.5. The molecule has 0 fully saturated rings. The zero-order valence-corrected chi connectivity index (χ0v) is 20.7. The summed E-state index contributed by atoms with van der Waals surface area (Å²) >= 11 is 0. The molecule has 0 amide bonds. The fourth-order valence-electron chi connectivity index (χ4n) is 5.12. The van der Waals surface area contributed by atoms with Crippen molar-refractivity contribution in [3.63, 3.8) is 0 Å². The number of benzene rings is 4. The Morgan fingerprint density at radius 1 is 1.03 bits per heavy atom. The zero-order valence-electron chi connectivity index (χ0n) is 19.9. The lowest BCUT2D eigenvalue weighted by atomic mass is 9.83. The fourth-order valence-corrected chi connectivity index (χ4v) is 5.12. The maximum absolute atomic E-state index is 11.5. The van der Waals surface area contributed by atoms with E-state index in [1.54, 1.807) is 6.07 Å². The first kappa shape index (κ1) is 24.8. The van der Waals surface area contributed by atoms with Gasteiger partial charge < -0.3 is 15.2 Å². The van der Waals surface area contributed by atoms with Gasteiger partial charge in [0.25, 0.3) is 0 Å². The van der Waals surface area contributed by atoms with Crippen molar-refractivity contribution in [2.24, 2.45) is 0 Å². The van der Waals surface area contributed by atoms with Gasteiger partial charge in [0.05, 0.1) is 5.56 Å². The molecule has 35 heavy (non-hydrogen) atoms. The first-order valence-corrected chi connectivity index (χ1v) is 11.8. The van der Waals surface area contributed by atoms with Crippen LogP contribution in [0.1, 0.15) is 57.9 Å². The SMILES string of the molecule is Cc1cc([C@@H]2C[C@H](CN[C@H](C)c3cccc4ccccc34)Oc3ccccc32)ccc1C(=O)O.Cl. The number of carboxylic acids is 1. The van der Waals surface area contributed by atoms with E-state index in [4.69, 9.17) is 4.74 Å². The van der Waals surface area contributed by atoms with Crippen molar-refractivity contribution in [2.75, 3.05) is 6.54 Å². The maximum atomic E-state index is 11.5.